The predicted octanol–water partition coefficient (Wildman–Crippen LogP) is 7.97. The summed E-state index contributed by atoms with van der Waals surface area (Å²) in [5.74, 6) is 0. The molecule has 0 saturated heterocycles. The molecule has 0 N–H and O–H groups in total. The topological polar surface area (TPSA) is 9.23 Å². The molecule has 1 nitrogen and oxygen atoms in total. The minimum absolute atomic E-state index is 0.0302. The van der Waals surface area contributed by atoms with E-state index in [0.29, 0.717) is 5.04 Å². The molecule has 6 heteroatoms. The van der Waals surface area contributed by atoms with Crippen molar-refractivity contribution >= 4 is 38.7 Å². The minimum Gasteiger partial charge on any atom is -0.411 e. The summed E-state index contributed by atoms with van der Waals surface area (Å²) in [4.78, 5) is 0. The minimum atomic E-state index is -1.76. The number of hydrogen-bond acceptors (Lipinski definition) is 1. The third-order valence-electron chi connectivity index (χ3n) is 7.73. The van der Waals surface area contributed by atoms with Gasteiger partial charge >= 0.3 is 0 Å². The number of rotatable bonds is 5. The van der Waals surface area contributed by atoms with E-state index in [0.717, 1.165) is 0 Å². The van der Waals surface area contributed by atoms with E-state index < -0.39 is 38.7 Å². The van der Waals surface area contributed by atoms with Gasteiger partial charge in [-0.15, -0.1) is 0 Å². The van der Waals surface area contributed by atoms with Gasteiger partial charge in [0, 0.05) is 15.2 Å². The van der Waals surface area contributed by atoms with Gasteiger partial charge in [-0.05, 0) is 30.1 Å². The lowest BCUT2D eigenvalue weighted by molar-refractivity contribution is 0.0613. The maximum absolute atomic E-state index is 7.63. The molecule has 0 unspecified atom stereocenters. The van der Waals surface area contributed by atoms with Gasteiger partial charge in [-0.2, -0.15) is 0 Å². The zero-order chi connectivity index (χ0) is 23.0. The highest BCUT2D eigenvalue weighted by Crippen LogP contribution is 2.64. The molecule has 0 radical (unpaired) electrons. The van der Waals surface area contributed by atoms with Crippen molar-refractivity contribution in [2.45, 2.75) is 124 Å². The molecular formula is C22H52OSi5. The summed E-state index contributed by atoms with van der Waals surface area (Å²) in [5.41, 5.74) is 3.13. The zero-order valence-corrected chi connectivity index (χ0v) is 27.5. The molecule has 0 spiro atoms. The molecule has 0 amide bonds. The Morgan fingerprint density at radius 1 is 0.714 bits per heavy atom. The van der Waals surface area contributed by atoms with Crippen molar-refractivity contribution < 1.29 is 4.43 Å². The Morgan fingerprint density at radius 3 is 1.29 bits per heavy atom. The van der Waals surface area contributed by atoms with Crippen LogP contribution in [-0.2, 0) is 4.43 Å². The van der Waals surface area contributed by atoms with E-state index >= 15 is 0 Å². The lowest BCUT2D eigenvalue weighted by atomic mass is 9.87. The van der Waals surface area contributed by atoms with E-state index in [-0.39, 0.29) is 10.6 Å². The molecule has 1 aliphatic rings. The maximum atomic E-state index is 7.63. The van der Waals surface area contributed by atoms with Crippen molar-refractivity contribution in [2.75, 3.05) is 0 Å². The third kappa shape index (κ3) is 3.76. The molecule has 1 rings (SSSR count). The third-order valence-corrected chi connectivity index (χ3v) is 53.3. The molecule has 28 heavy (non-hydrogen) atoms. The Morgan fingerprint density at radius 2 is 1.07 bits per heavy atom. The van der Waals surface area contributed by atoms with Crippen LogP contribution >= 0.6 is 0 Å². The molecule has 0 saturated carbocycles. The first-order valence-electron chi connectivity index (χ1n) is 11.2. The second-order valence-electron chi connectivity index (χ2n) is 14.9. The normalized spacial score (nSPS) is 24.7. The summed E-state index contributed by atoms with van der Waals surface area (Å²) in [7, 11) is -8.05. The lowest BCUT2D eigenvalue weighted by Crippen LogP contribution is -2.92. The fourth-order valence-corrected chi connectivity index (χ4v) is 64.6. The van der Waals surface area contributed by atoms with Crippen molar-refractivity contribution in [3.8, 4) is 0 Å². The van der Waals surface area contributed by atoms with Gasteiger partial charge in [-0.3, -0.25) is 0 Å². The van der Waals surface area contributed by atoms with Gasteiger partial charge in [0.25, 0.3) is 0 Å². The van der Waals surface area contributed by atoms with E-state index in [1.165, 1.54) is 0 Å². The molecule has 0 aliphatic carbocycles. The largest absolute Gasteiger partial charge is 0.411 e. The smallest absolute Gasteiger partial charge is 0.184 e. The highest BCUT2D eigenvalue weighted by molar-refractivity contribution is 7.72. The van der Waals surface area contributed by atoms with Gasteiger partial charge in [0.15, 0.2) is 8.32 Å². The first kappa shape index (κ1) is 26.8. The first-order valence-corrected chi connectivity index (χ1v) is 28.7. The van der Waals surface area contributed by atoms with Crippen LogP contribution in [0.3, 0.4) is 0 Å². The van der Waals surface area contributed by atoms with E-state index in [4.69, 9.17) is 4.43 Å². The van der Waals surface area contributed by atoms with Crippen molar-refractivity contribution in [1.29, 1.82) is 0 Å². The molecule has 1 heterocycles. The van der Waals surface area contributed by atoms with Crippen LogP contribution in [0.4, 0.5) is 0 Å². The SMILES string of the molecule is CC(C)(C)[C@@]1(O[Si](C)(C)C)C([Si](C)(C)C(C)(C)C)=C[Si]1([Si](C)(C)C)[Si](C)(C)C. The Kier molecular flexibility index (Phi) is 6.60. The highest BCUT2D eigenvalue weighted by Gasteiger charge is 2.77. The monoisotopic (exact) mass is 472 g/mol. The van der Waals surface area contributed by atoms with Gasteiger partial charge in [0.2, 0.25) is 0 Å². The second-order valence-corrected chi connectivity index (χ2v) is 51.4. The quantitative estimate of drug-likeness (QED) is 0.368. The van der Waals surface area contributed by atoms with E-state index in [9.17, 15) is 0 Å². The van der Waals surface area contributed by atoms with Gasteiger partial charge < -0.3 is 4.43 Å². The second kappa shape index (κ2) is 6.89. The van der Waals surface area contributed by atoms with E-state index in [2.05, 4.69) is 119 Å². The molecule has 0 aromatic carbocycles. The molecule has 1 aliphatic heterocycles. The van der Waals surface area contributed by atoms with Crippen LogP contribution in [0.15, 0.2) is 10.9 Å². The molecule has 0 fully saturated rings. The van der Waals surface area contributed by atoms with E-state index in [1.807, 2.05) is 0 Å². The Hall–Kier alpha value is 0.784. The molecule has 0 bridgehead atoms. The molecule has 0 aromatic rings. The fourth-order valence-electron chi connectivity index (χ4n) is 5.94. The maximum Gasteiger partial charge on any atom is 0.184 e. The van der Waals surface area contributed by atoms with Crippen molar-refractivity contribution in [3.05, 3.63) is 10.9 Å². The van der Waals surface area contributed by atoms with Crippen LogP contribution in [0.2, 0.25) is 77.1 Å². The van der Waals surface area contributed by atoms with Gasteiger partial charge in [-0.25, -0.2) is 0 Å². The molecular weight excluding hydrogens is 421 g/mol. The summed E-state index contributed by atoms with van der Waals surface area (Å²) in [6.07, 6.45) is 0. The highest BCUT2D eigenvalue weighted by atomic mass is 29.6. The van der Waals surface area contributed by atoms with Crippen molar-refractivity contribution in [1.82, 2.24) is 0 Å². The fraction of sp³-hybridized carbons (Fsp3) is 0.909. The lowest BCUT2D eigenvalue weighted by Gasteiger charge is -2.74. The standard InChI is InChI=1S/C22H52OSi5/c1-20(2,3)22(23-24(7,8)9)19(27(16,17)21(4,5)6)18-28(22,25(10,11)12)26(13,14)15/h18H,1-17H3/t22-/m1/s1. The Labute approximate surface area is 182 Å². The van der Waals surface area contributed by atoms with E-state index in [1.54, 1.807) is 5.20 Å². The summed E-state index contributed by atoms with van der Waals surface area (Å²) >= 11 is 0. The predicted molar refractivity (Wildman–Crippen MR) is 144 cm³/mol. The Balaban J connectivity index is 4.17. The zero-order valence-electron chi connectivity index (χ0n) is 22.5. The first-order chi connectivity index (χ1) is 11.8. The molecule has 166 valence electrons. The summed E-state index contributed by atoms with van der Waals surface area (Å²) in [6, 6.07) is 0. The van der Waals surface area contributed by atoms with Crippen molar-refractivity contribution in [2.24, 2.45) is 5.41 Å². The van der Waals surface area contributed by atoms with Crippen LogP contribution in [0.1, 0.15) is 41.5 Å². The Bertz CT molecular complexity index is 616. The van der Waals surface area contributed by atoms with Crippen LogP contribution in [0.5, 0.6) is 0 Å². The van der Waals surface area contributed by atoms with Crippen LogP contribution < -0.4 is 0 Å². The summed E-state index contributed by atoms with van der Waals surface area (Å²) < 4.78 is 7.63. The average Bonchev–Trinajstić information content (AvgIpc) is 2.26. The van der Waals surface area contributed by atoms with Crippen LogP contribution in [0, 0.1) is 5.41 Å². The van der Waals surface area contributed by atoms with Crippen LogP contribution in [-0.4, -0.2) is 43.9 Å². The van der Waals surface area contributed by atoms with Crippen LogP contribution in [0.25, 0.3) is 0 Å². The average molecular weight is 473 g/mol. The number of hydrogen-bond donors (Lipinski definition) is 0. The van der Waals surface area contributed by atoms with Crippen molar-refractivity contribution in [3.63, 3.8) is 0 Å². The summed E-state index contributed by atoms with van der Waals surface area (Å²) in [5, 5.41) is 2.17. The van der Waals surface area contributed by atoms with Gasteiger partial charge in [-0.1, -0.05) is 105 Å². The summed E-state index contributed by atoms with van der Waals surface area (Å²) in [6.45, 7) is 43.5. The molecule has 0 aromatic heterocycles. The molecule has 1 atom stereocenters. The van der Waals surface area contributed by atoms with Gasteiger partial charge in [0.05, 0.1) is 13.3 Å². The van der Waals surface area contributed by atoms with Gasteiger partial charge in [0.1, 0.15) is 7.11 Å².